The molecule has 2 amide bonds. The number of hydrogen-bond donors (Lipinski definition) is 2. The van der Waals surface area contributed by atoms with E-state index in [0.29, 0.717) is 6.54 Å². The molecule has 124 valence electrons. The molecule has 0 aliphatic heterocycles. The van der Waals surface area contributed by atoms with Gasteiger partial charge in [0.2, 0.25) is 0 Å². The molecule has 0 bridgehead atoms. The Labute approximate surface area is 134 Å². The first-order valence-electron chi connectivity index (χ1n) is 8.18. The number of nitrogens with one attached hydrogen (secondary N) is 2. The van der Waals surface area contributed by atoms with Crippen molar-refractivity contribution >= 4 is 11.7 Å². The minimum Gasteiger partial charge on any atom is -0.494 e. The minimum absolute atomic E-state index is 0.0762. The zero-order chi connectivity index (χ0) is 16.4. The second-order valence-electron chi connectivity index (χ2n) is 6.80. The molecule has 0 spiro atoms. The summed E-state index contributed by atoms with van der Waals surface area (Å²) in [6.45, 7) is 9.83. The van der Waals surface area contributed by atoms with Crippen molar-refractivity contribution in [2.75, 3.05) is 18.5 Å². The van der Waals surface area contributed by atoms with Crippen LogP contribution in [0.3, 0.4) is 0 Å². The van der Waals surface area contributed by atoms with Crippen molar-refractivity contribution in [1.82, 2.24) is 5.32 Å². The van der Waals surface area contributed by atoms with Gasteiger partial charge in [-0.3, -0.25) is 0 Å². The maximum Gasteiger partial charge on any atom is 0.319 e. The van der Waals surface area contributed by atoms with Crippen molar-refractivity contribution in [3.05, 3.63) is 24.3 Å². The number of benzene rings is 1. The highest BCUT2D eigenvalue weighted by Gasteiger charge is 2.11. The lowest BCUT2D eigenvalue weighted by Crippen LogP contribution is -2.35. The third-order valence-electron chi connectivity index (χ3n) is 3.16. The molecule has 0 radical (unpaired) electrons. The number of unbranched alkanes of at least 4 members (excludes halogenated alkanes) is 3. The minimum atomic E-state index is -0.178. The second-order valence-corrected chi connectivity index (χ2v) is 6.80. The van der Waals surface area contributed by atoms with E-state index in [0.717, 1.165) is 24.5 Å². The molecule has 0 aliphatic rings. The molecule has 0 atom stereocenters. The van der Waals surface area contributed by atoms with E-state index in [9.17, 15) is 4.79 Å². The van der Waals surface area contributed by atoms with Crippen molar-refractivity contribution < 1.29 is 9.53 Å². The van der Waals surface area contributed by atoms with Crippen LogP contribution in [0.15, 0.2) is 24.3 Å². The number of anilines is 1. The van der Waals surface area contributed by atoms with E-state index in [4.69, 9.17) is 4.74 Å². The highest BCUT2D eigenvalue weighted by Crippen LogP contribution is 2.16. The van der Waals surface area contributed by atoms with Gasteiger partial charge in [-0.1, -0.05) is 47.0 Å². The van der Waals surface area contributed by atoms with E-state index in [1.807, 2.05) is 24.3 Å². The number of amides is 2. The van der Waals surface area contributed by atoms with E-state index in [-0.39, 0.29) is 11.4 Å². The summed E-state index contributed by atoms with van der Waals surface area (Å²) >= 11 is 0. The Hall–Kier alpha value is -1.71. The molecule has 0 fully saturated rings. The van der Waals surface area contributed by atoms with Gasteiger partial charge in [-0.05, 0) is 36.1 Å². The van der Waals surface area contributed by atoms with Crippen LogP contribution in [0.1, 0.15) is 53.4 Å². The Morgan fingerprint density at radius 1 is 1.09 bits per heavy atom. The van der Waals surface area contributed by atoms with Gasteiger partial charge in [-0.15, -0.1) is 0 Å². The summed E-state index contributed by atoms with van der Waals surface area (Å²) in [6, 6.07) is 7.32. The summed E-state index contributed by atoms with van der Waals surface area (Å²) in [5, 5.41) is 5.68. The second kappa shape index (κ2) is 9.34. The van der Waals surface area contributed by atoms with Gasteiger partial charge in [0, 0.05) is 12.2 Å². The van der Waals surface area contributed by atoms with Gasteiger partial charge in [0.1, 0.15) is 5.75 Å². The summed E-state index contributed by atoms with van der Waals surface area (Å²) in [7, 11) is 0. The van der Waals surface area contributed by atoms with Crippen LogP contribution in [0.5, 0.6) is 5.75 Å². The Bertz CT molecular complexity index is 435. The quantitative estimate of drug-likeness (QED) is 0.677. The number of carbonyl (C=O) groups excluding carboxylic acids is 1. The fourth-order valence-corrected chi connectivity index (χ4v) is 1.87. The van der Waals surface area contributed by atoms with Crippen LogP contribution >= 0.6 is 0 Å². The zero-order valence-corrected chi connectivity index (χ0v) is 14.4. The van der Waals surface area contributed by atoms with Crippen molar-refractivity contribution in [2.45, 2.75) is 53.4 Å². The first kappa shape index (κ1) is 18.3. The van der Waals surface area contributed by atoms with Crippen LogP contribution in [0.25, 0.3) is 0 Å². The first-order chi connectivity index (χ1) is 10.4. The lowest BCUT2D eigenvalue weighted by atomic mass is 9.97. The Balaban J connectivity index is 2.30. The molecule has 1 aromatic rings. The molecule has 0 aromatic heterocycles. The highest BCUT2D eigenvalue weighted by molar-refractivity contribution is 5.89. The van der Waals surface area contributed by atoms with Crippen LogP contribution in [0, 0.1) is 5.41 Å². The standard InChI is InChI=1S/C18H30N2O2/c1-5-6-7-8-13-22-16-11-9-15(10-12-16)20-17(21)19-14-18(2,3)4/h9-12H,5-8,13-14H2,1-4H3,(H2,19,20,21). The average Bonchev–Trinajstić information content (AvgIpc) is 2.46. The summed E-state index contributed by atoms with van der Waals surface area (Å²) < 4.78 is 5.68. The van der Waals surface area contributed by atoms with Crippen molar-refractivity contribution in [3.8, 4) is 5.75 Å². The van der Waals surface area contributed by atoms with Gasteiger partial charge in [0.15, 0.2) is 0 Å². The third kappa shape index (κ3) is 8.55. The fourth-order valence-electron chi connectivity index (χ4n) is 1.87. The summed E-state index contributed by atoms with van der Waals surface area (Å²) in [6.07, 6.45) is 4.79. The van der Waals surface area contributed by atoms with Gasteiger partial charge in [-0.25, -0.2) is 4.79 Å². The average molecular weight is 306 g/mol. The lowest BCUT2D eigenvalue weighted by molar-refractivity contribution is 0.247. The number of carbonyl (C=O) groups is 1. The molecule has 0 saturated carbocycles. The van der Waals surface area contributed by atoms with Crippen LogP contribution in [-0.2, 0) is 0 Å². The van der Waals surface area contributed by atoms with E-state index in [2.05, 4.69) is 38.3 Å². The molecule has 0 heterocycles. The Morgan fingerprint density at radius 2 is 1.77 bits per heavy atom. The summed E-state index contributed by atoms with van der Waals surface area (Å²) in [5.41, 5.74) is 0.844. The Morgan fingerprint density at radius 3 is 2.36 bits per heavy atom. The predicted octanol–water partition coefficient (Wildman–Crippen LogP) is 4.81. The van der Waals surface area contributed by atoms with Crippen molar-refractivity contribution in [1.29, 1.82) is 0 Å². The molecule has 0 saturated heterocycles. The highest BCUT2D eigenvalue weighted by atomic mass is 16.5. The molecular formula is C18H30N2O2. The van der Waals surface area contributed by atoms with Crippen molar-refractivity contribution in [3.63, 3.8) is 0 Å². The maximum absolute atomic E-state index is 11.8. The van der Waals surface area contributed by atoms with E-state index in [1.165, 1.54) is 19.3 Å². The number of urea groups is 1. The number of rotatable bonds is 8. The topological polar surface area (TPSA) is 50.4 Å². The summed E-state index contributed by atoms with van der Waals surface area (Å²) in [5.74, 6) is 0.845. The van der Waals surface area contributed by atoms with Gasteiger partial charge in [0.05, 0.1) is 6.61 Å². The van der Waals surface area contributed by atoms with E-state index >= 15 is 0 Å². The molecule has 1 rings (SSSR count). The van der Waals surface area contributed by atoms with Gasteiger partial charge in [0.25, 0.3) is 0 Å². The summed E-state index contributed by atoms with van der Waals surface area (Å²) in [4.78, 5) is 11.8. The molecule has 22 heavy (non-hydrogen) atoms. The molecule has 4 nitrogen and oxygen atoms in total. The molecule has 2 N–H and O–H groups in total. The van der Waals surface area contributed by atoms with Gasteiger partial charge >= 0.3 is 6.03 Å². The molecule has 0 unspecified atom stereocenters. The monoisotopic (exact) mass is 306 g/mol. The van der Waals surface area contributed by atoms with Crippen LogP contribution < -0.4 is 15.4 Å². The van der Waals surface area contributed by atoms with Gasteiger partial charge < -0.3 is 15.4 Å². The van der Waals surface area contributed by atoms with Crippen LogP contribution in [-0.4, -0.2) is 19.2 Å². The van der Waals surface area contributed by atoms with E-state index < -0.39 is 0 Å². The molecular weight excluding hydrogens is 276 g/mol. The zero-order valence-electron chi connectivity index (χ0n) is 14.4. The maximum atomic E-state index is 11.8. The normalized spacial score (nSPS) is 11.1. The SMILES string of the molecule is CCCCCCOc1ccc(NC(=O)NCC(C)(C)C)cc1. The fraction of sp³-hybridized carbons (Fsp3) is 0.611. The number of ether oxygens (including phenoxy) is 1. The smallest absolute Gasteiger partial charge is 0.319 e. The van der Waals surface area contributed by atoms with Gasteiger partial charge in [-0.2, -0.15) is 0 Å². The van der Waals surface area contributed by atoms with Crippen LogP contribution in [0.4, 0.5) is 10.5 Å². The predicted molar refractivity (Wildman–Crippen MR) is 92.6 cm³/mol. The largest absolute Gasteiger partial charge is 0.494 e. The van der Waals surface area contributed by atoms with Crippen molar-refractivity contribution in [2.24, 2.45) is 5.41 Å². The number of hydrogen-bond acceptors (Lipinski definition) is 2. The molecule has 4 heteroatoms. The first-order valence-corrected chi connectivity index (χ1v) is 8.18. The third-order valence-corrected chi connectivity index (χ3v) is 3.16. The lowest BCUT2D eigenvalue weighted by Gasteiger charge is -2.19. The molecule has 1 aromatic carbocycles. The Kier molecular flexibility index (Phi) is 7.78. The van der Waals surface area contributed by atoms with Crippen LogP contribution in [0.2, 0.25) is 0 Å². The molecule has 0 aliphatic carbocycles. The van der Waals surface area contributed by atoms with E-state index in [1.54, 1.807) is 0 Å².